The Balaban J connectivity index is 0.00000182. The molecule has 1 aromatic carbocycles. The minimum Gasteiger partial charge on any atom is -0.494 e. The summed E-state index contributed by atoms with van der Waals surface area (Å²) in [5.74, 6) is 1.69. The van der Waals surface area contributed by atoms with Crippen molar-refractivity contribution in [3.63, 3.8) is 0 Å². The van der Waals surface area contributed by atoms with Crippen LogP contribution in [0.1, 0.15) is 30.1 Å². The molecule has 1 atom stereocenters. The van der Waals surface area contributed by atoms with Crippen molar-refractivity contribution in [2.24, 2.45) is 11.7 Å². The molecule has 27 heavy (non-hydrogen) atoms. The number of pyridine rings is 1. The smallest absolute Gasteiger partial charge is 0.255 e. The number of carbonyl (C=O) groups is 1. The fourth-order valence-corrected chi connectivity index (χ4v) is 2.74. The Morgan fingerprint density at radius 1 is 1.26 bits per heavy atom. The lowest BCUT2D eigenvalue weighted by molar-refractivity contribution is 0.0934. The third kappa shape index (κ3) is 6.27. The van der Waals surface area contributed by atoms with Gasteiger partial charge in [-0.15, -0.1) is 24.8 Å². The van der Waals surface area contributed by atoms with Gasteiger partial charge in [-0.3, -0.25) is 4.79 Å². The molecule has 1 heterocycles. The minimum absolute atomic E-state index is 0. The summed E-state index contributed by atoms with van der Waals surface area (Å²) in [6.45, 7) is 3.03. The van der Waals surface area contributed by atoms with E-state index in [9.17, 15) is 4.79 Å². The van der Waals surface area contributed by atoms with E-state index in [0.717, 1.165) is 24.3 Å². The maximum atomic E-state index is 12.6. The maximum Gasteiger partial charge on any atom is 0.255 e. The quantitative estimate of drug-likeness (QED) is 0.616. The van der Waals surface area contributed by atoms with Crippen LogP contribution in [0.25, 0.3) is 0 Å². The summed E-state index contributed by atoms with van der Waals surface area (Å²) in [4.78, 5) is 16.9. The first-order valence-electron chi connectivity index (χ1n) is 8.67. The van der Waals surface area contributed by atoms with Crippen LogP contribution in [0.3, 0.4) is 0 Å². The largest absolute Gasteiger partial charge is 0.494 e. The van der Waals surface area contributed by atoms with Gasteiger partial charge in [0.1, 0.15) is 11.6 Å². The number of anilines is 2. The van der Waals surface area contributed by atoms with Crippen LogP contribution >= 0.6 is 24.8 Å². The van der Waals surface area contributed by atoms with Gasteiger partial charge in [-0.05, 0) is 62.1 Å². The highest BCUT2D eigenvalue weighted by Gasteiger charge is 2.31. The van der Waals surface area contributed by atoms with Gasteiger partial charge in [0.05, 0.1) is 12.2 Å². The molecule has 1 saturated carbocycles. The predicted octanol–water partition coefficient (Wildman–Crippen LogP) is 3.53. The number of hydrogen-bond donors (Lipinski definition) is 3. The maximum absolute atomic E-state index is 12.6. The summed E-state index contributed by atoms with van der Waals surface area (Å²) in [6.07, 6.45) is 3.92. The highest BCUT2D eigenvalue weighted by atomic mass is 35.5. The van der Waals surface area contributed by atoms with Crippen LogP contribution in [0.2, 0.25) is 0 Å². The third-order valence-corrected chi connectivity index (χ3v) is 4.24. The Morgan fingerprint density at radius 3 is 2.56 bits per heavy atom. The first-order valence-corrected chi connectivity index (χ1v) is 8.67. The molecular weight excluding hydrogens is 387 g/mol. The highest BCUT2D eigenvalue weighted by molar-refractivity contribution is 5.99. The molecule has 1 aromatic heterocycles. The first kappa shape index (κ1) is 23.0. The van der Waals surface area contributed by atoms with Crippen LogP contribution in [-0.4, -0.2) is 30.1 Å². The Morgan fingerprint density at radius 2 is 1.96 bits per heavy atom. The fourth-order valence-electron chi connectivity index (χ4n) is 2.74. The normalized spacial score (nSPS) is 13.6. The zero-order chi connectivity index (χ0) is 17.6. The van der Waals surface area contributed by atoms with Crippen molar-refractivity contribution in [1.82, 2.24) is 10.3 Å². The highest BCUT2D eigenvalue weighted by Crippen LogP contribution is 2.32. The van der Waals surface area contributed by atoms with Gasteiger partial charge in [0, 0.05) is 24.5 Å². The number of halogens is 2. The average molecular weight is 413 g/mol. The Bertz CT molecular complexity index is 724. The molecule has 0 bridgehead atoms. The Kier molecular flexibility index (Phi) is 9.35. The SMILES string of the molecule is CCOc1ccc(Nc2ncccc2C(=O)NC(CN)C2CC2)cc1.Cl.Cl. The number of rotatable bonds is 8. The van der Waals surface area contributed by atoms with E-state index in [2.05, 4.69) is 15.6 Å². The number of ether oxygens (including phenoxy) is 1. The zero-order valence-corrected chi connectivity index (χ0v) is 16.8. The van der Waals surface area contributed by atoms with Crippen molar-refractivity contribution in [2.75, 3.05) is 18.5 Å². The van der Waals surface area contributed by atoms with Gasteiger partial charge in [0.25, 0.3) is 5.91 Å². The molecule has 0 aliphatic heterocycles. The predicted molar refractivity (Wildman–Crippen MR) is 113 cm³/mol. The second-order valence-corrected chi connectivity index (χ2v) is 6.14. The Hall–Kier alpha value is -2.02. The van der Waals surface area contributed by atoms with E-state index in [0.29, 0.717) is 30.5 Å². The molecule has 6 nitrogen and oxygen atoms in total. The van der Waals surface area contributed by atoms with E-state index in [-0.39, 0.29) is 36.8 Å². The second-order valence-electron chi connectivity index (χ2n) is 6.14. The molecule has 1 aliphatic rings. The fraction of sp³-hybridized carbons (Fsp3) is 0.368. The van der Waals surface area contributed by atoms with Gasteiger partial charge in [-0.25, -0.2) is 4.98 Å². The lowest BCUT2D eigenvalue weighted by Crippen LogP contribution is -2.41. The number of hydrogen-bond acceptors (Lipinski definition) is 5. The summed E-state index contributed by atoms with van der Waals surface area (Å²) in [7, 11) is 0. The lowest BCUT2D eigenvalue weighted by Gasteiger charge is -2.17. The molecule has 3 rings (SSSR count). The van der Waals surface area contributed by atoms with Gasteiger partial charge in [-0.1, -0.05) is 0 Å². The molecule has 0 radical (unpaired) electrons. The lowest BCUT2D eigenvalue weighted by atomic mass is 10.1. The summed E-state index contributed by atoms with van der Waals surface area (Å²) in [5.41, 5.74) is 7.13. The molecule has 1 unspecified atom stereocenters. The average Bonchev–Trinajstić information content (AvgIpc) is 3.47. The molecule has 1 fully saturated rings. The third-order valence-electron chi connectivity index (χ3n) is 4.24. The second kappa shape index (κ2) is 11.0. The van der Waals surface area contributed by atoms with Crippen molar-refractivity contribution in [3.8, 4) is 5.75 Å². The topological polar surface area (TPSA) is 89.3 Å². The van der Waals surface area contributed by atoms with Gasteiger partial charge < -0.3 is 21.1 Å². The van der Waals surface area contributed by atoms with Gasteiger partial charge in [-0.2, -0.15) is 0 Å². The molecule has 148 valence electrons. The zero-order valence-electron chi connectivity index (χ0n) is 15.2. The van der Waals surface area contributed by atoms with Crippen LogP contribution in [0.5, 0.6) is 5.75 Å². The van der Waals surface area contributed by atoms with Gasteiger partial charge in [0.15, 0.2) is 0 Å². The van der Waals surface area contributed by atoms with Crippen molar-refractivity contribution >= 4 is 42.2 Å². The first-order chi connectivity index (χ1) is 12.2. The van der Waals surface area contributed by atoms with Gasteiger partial charge >= 0.3 is 0 Å². The molecule has 0 spiro atoms. The van der Waals surface area contributed by atoms with E-state index in [1.54, 1.807) is 18.3 Å². The number of benzene rings is 1. The molecule has 2 aromatic rings. The Labute approximate surface area is 172 Å². The molecule has 0 saturated heterocycles. The summed E-state index contributed by atoms with van der Waals surface area (Å²) < 4.78 is 5.44. The number of nitrogens with two attached hydrogens (primary N) is 1. The number of nitrogens with zero attached hydrogens (tertiary/aromatic N) is 1. The molecule has 8 heteroatoms. The summed E-state index contributed by atoms with van der Waals surface area (Å²) >= 11 is 0. The van der Waals surface area contributed by atoms with Crippen molar-refractivity contribution in [1.29, 1.82) is 0 Å². The monoisotopic (exact) mass is 412 g/mol. The van der Waals surface area contributed by atoms with Crippen molar-refractivity contribution in [2.45, 2.75) is 25.8 Å². The number of aromatic nitrogens is 1. The van der Waals surface area contributed by atoms with E-state index in [1.807, 2.05) is 31.2 Å². The van der Waals surface area contributed by atoms with Crippen molar-refractivity contribution < 1.29 is 9.53 Å². The van der Waals surface area contributed by atoms with Crippen molar-refractivity contribution in [3.05, 3.63) is 48.2 Å². The molecule has 4 N–H and O–H groups in total. The minimum atomic E-state index is -0.149. The van der Waals surface area contributed by atoms with E-state index >= 15 is 0 Å². The number of nitrogens with one attached hydrogen (secondary N) is 2. The number of amides is 1. The van der Waals surface area contributed by atoms with E-state index in [1.165, 1.54) is 0 Å². The summed E-state index contributed by atoms with van der Waals surface area (Å²) in [5, 5.41) is 6.23. The summed E-state index contributed by atoms with van der Waals surface area (Å²) in [6, 6.07) is 11.1. The van der Waals surface area contributed by atoms with E-state index in [4.69, 9.17) is 10.5 Å². The molecule has 1 amide bonds. The van der Waals surface area contributed by atoms with Crippen LogP contribution in [0.15, 0.2) is 42.6 Å². The van der Waals surface area contributed by atoms with E-state index < -0.39 is 0 Å². The molecule has 1 aliphatic carbocycles. The standard InChI is InChI=1S/C19H24N4O2.2ClH/c1-2-25-15-9-7-14(8-10-15)22-18-16(4-3-11-21-18)19(24)23-17(12-20)13-5-6-13;;/h3-4,7-11,13,17H,2,5-6,12,20H2,1H3,(H,21,22)(H,23,24);2*1H. The van der Waals surface area contributed by atoms with Crippen LogP contribution in [0, 0.1) is 5.92 Å². The number of carbonyl (C=O) groups excluding carboxylic acids is 1. The van der Waals surface area contributed by atoms with Crippen LogP contribution in [0.4, 0.5) is 11.5 Å². The van der Waals surface area contributed by atoms with Gasteiger partial charge in [0.2, 0.25) is 0 Å². The van der Waals surface area contributed by atoms with Crippen LogP contribution in [-0.2, 0) is 0 Å². The molecular formula is C19H26Cl2N4O2. The van der Waals surface area contributed by atoms with Crippen LogP contribution < -0.4 is 21.1 Å².